The third-order valence-corrected chi connectivity index (χ3v) is 6.28. The number of halogens is 2. The van der Waals surface area contributed by atoms with Crippen molar-refractivity contribution in [2.45, 2.75) is 43.5 Å². The number of terminal acetylenes is 1. The van der Waals surface area contributed by atoms with Crippen molar-refractivity contribution in [1.29, 1.82) is 0 Å². The van der Waals surface area contributed by atoms with Crippen LogP contribution in [0.4, 0.5) is 13.6 Å². The normalized spacial score (nSPS) is 18.5. The molecule has 1 saturated heterocycles. The first-order valence-corrected chi connectivity index (χ1v) is 12.1. The Morgan fingerprint density at radius 1 is 1.15 bits per heavy atom. The van der Waals surface area contributed by atoms with E-state index in [2.05, 4.69) is 16.6 Å². The zero-order valence-corrected chi connectivity index (χ0v) is 20.8. The monoisotopic (exact) mass is 543 g/mol. The smallest absolute Gasteiger partial charge is 0.408 e. The molecule has 2 aromatic rings. The minimum atomic E-state index is -3.36. The summed E-state index contributed by atoms with van der Waals surface area (Å²) in [5.74, 6) is -2.14. The quantitative estimate of drug-likeness (QED) is 0.410. The van der Waals surface area contributed by atoms with Crippen molar-refractivity contribution in [3.05, 3.63) is 59.7 Å². The van der Waals surface area contributed by atoms with E-state index in [0.717, 1.165) is 0 Å². The molecule has 2 aliphatic rings. The van der Waals surface area contributed by atoms with E-state index in [4.69, 9.17) is 20.6 Å². The highest BCUT2D eigenvalue weighted by Crippen LogP contribution is 2.34. The number of alkyl carbamates (subject to hydrolysis) is 1. The van der Waals surface area contributed by atoms with Gasteiger partial charge in [-0.15, -0.1) is 6.42 Å². The molecule has 0 spiro atoms. The lowest BCUT2D eigenvalue weighted by Crippen LogP contribution is -2.56. The Labute approximate surface area is 223 Å². The van der Waals surface area contributed by atoms with Gasteiger partial charge >= 0.3 is 6.09 Å². The summed E-state index contributed by atoms with van der Waals surface area (Å²) in [6.45, 7) is -1.35. The van der Waals surface area contributed by atoms with Gasteiger partial charge in [0.25, 0.3) is 11.8 Å². The van der Waals surface area contributed by atoms with Gasteiger partial charge in [0, 0.05) is 13.0 Å². The summed E-state index contributed by atoms with van der Waals surface area (Å²) in [6.07, 6.45) is 1.20. The van der Waals surface area contributed by atoms with E-state index >= 15 is 0 Å². The summed E-state index contributed by atoms with van der Waals surface area (Å²) in [5.41, 5.74) is 1.28. The van der Waals surface area contributed by atoms with Gasteiger partial charge in [0.05, 0.1) is 12.6 Å². The molecule has 2 aliphatic heterocycles. The molecule has 2 aromatic carbocycles. The minimum Gasteiger partial charge on any atom is -0.454 e. The number of hydrogen-bond donors (Lipinski definition) is 3. The maximum atomic E-state index is 14.4. The SMILES string of the molecule is C#CCOC(=O)NC(Cc1ccccc1)C(O)C(=O)N1CC(F)(F)CC1C(=O)NCc1ccc2c(c1)OCO2. The second-order valence-electron chi connectivity index (χ2n) is 9.11. The second-order valence-corrected chi connectivity index (χ2v) is 9.11. The van der Waals surface area contributed by atoms with Gasteiger partial charge < -0.3 is 34.9 Å². The fourth-order valence-corrected chi connectivity index (χ4v) is 4.39. The average Bonchev–Trinajstić information content (AvgIpc) is 3.53. The molecule has 3 unspecified atom stereocenters. The number of nitrogens with zero attached hydrogens (tertiary/aromatic N) is 1. The lowest BCUT2D eigenvalue weighted by atomic mass is 10.00. The van der Waals surface area contributed by atoms with Gasteiger partial charge in [-0.2, -0.15) is 0 Å². The van der Waals surface area contributed by atoms with Crippen molar-refractivity contribution in [3.8, 4) is 23.8 Å². The van der Waals surface area contributed by atoms with Crippen LogP contribution in [-0.2, 0) is 27.3 Å². The van der Waals surface area contributed by atoms with Crippen LogP contribution in [0.3, 0.4) is 0 Å². The number of aliphatic hydroxyl groups is 1. The summed E-state index contributed by atoms with van der Waals surface area (Å²) in [6, 6.07) is 10.8. The van der Waals surface area contributed by atoms with Gasteiger partial charge in [-0.3, -0.25) is 9.59 Å². The van der Waals surface area contributed by atoms with Crippen LogP contribution in [0.25, 0.3) is 0 Å². The number of alkyl halides is 2. The summed E-state index contributed by atoms with van der Waals surface area (Å²) in [4.78, 5) is 39.0. The summed E-state index contributed by atoms with van der Waals surface area (Å²) in [7, 11) is 0. The summed E-state index contributed by atoms with van der Waals surface area (Å²) in [5, 5.41) is 15.9. The zero-order chi connectivity index (χ0) is 28.0. The van der Waals surface area contributed by atoms with E-state index in [0.29, 0.717) is 27.5 Å². The summed E-state index contributed by atoms with van der Waals surface area (Å²) < 4.78 is 44.2. The first kappa shape index (κ1) is 27.7. The Balaban J connectivity index is 1.47. The van der Waals surface area contributed by atoms with Gasteiger partial charge in [0.1, 0.15) is 6.04 Å². The van der Waals surface area contributed by atoms with Crippen LogP contribution in [0, 0.1) is 12.3 Å². The van der Waals surface area contributed by atoms with E-state index in [1.807, 2.05) is 0 Å². The van der Waals surface area contributed by atoms with Crippen LogP contribution < -0.4 is 20.1 Å². The van der Waals surface area contributed by atoms with Crippen molar-refractivity contribution in [1.82, 2.24) is 15.5 Å². The molecule has 0 aliphatic carbocycles. The van der Waals surface area contributed by atoms with E-state index in [9.17, 15) is 28.3 Å². The molecule has 2 heterocycles. The van der Waals surface area contributed by atoms with Gasteiger partial charge in [-0.05, 0) is 29.7 Å². The Bertz CT molecular complexity index is 1250. The van der Waals surface area contributed by atoms with Crippen molar-refractivity contribution in [2.75, 3.05) is 19.9 Å². The van der Waals surface area contributed by atoms with E-state index in [1.54, 1.807) is 48.5 Å². The topological polar surface area (TPSA) is 126 Å². The number of fused-ring (bicyclic) bond motifs is 1. The van der Waals surface area contributed by atoms with Crippen LogP contribution in [0.15, 0.2) is 48.5 Å². The van der Waals surface area contributed by atoms with E-state index < -0.39 is 55.0 Å². The number of aliphatic hydroxyl groups excluding tert-OH is 1. The fourth-order valence-electron chi connectivity index (χ4n) is 4.39. The van der Waals surface area contributed by atoms with Crippen LogP contribution in [0.2, 0.25) is 0 Å². The van der Waals surface area contributed by atoms with Crippen molar-refractivity contribution < 1.29 is 42.5 Å². The highest BCUT2D eigenvalue weighted by molar-refractivity contribution is 5.90. The number of carbonyl (C=O) groups is 3. The third kappa shape index (κ3) is 6.94. The van der Waals surface area contributed by atoms with Crippen LogP contribution in [-0.4, -0.2) is 72.0 Å². The second kappa shape index (κ2) is 12.0. The van der Waals surface area contributed by atoms with Gasteiger partial charge in [-0.1, -0.05) is 42.3 Å². The largest absolute Gasteiger partial charge is 0.454 e. The molecule has 4 rings (SSSR count). The lowest BCUT2D eigenvalue weighted by Gasteiger charge is -2.29. The highest BCUT2D eigenvalue weighted by atomic mass is 19.3. The molecular formula is C27H27F2N3O7. The number of amides is 3. The first-order valence-electron chi connectivity index (χ1n) is 12.1. The van der Waals surface area contributed by atoms with Gasteiger partial charge in [0.15, 0.2) is 24.2 Å². The fraction of sp³-hybridized carbons (Fsp3) is 0.370. The van der Waals surface area contributed by atoms with Gasteiger partial charge in [-0.25, -0.2) is 13.6 Å². The molecular weight excluding hydrogens is 516 g/mol. The number of rotatable bonds is 9. The van der Waals surface area contributed by atoms with Crippen LogP contribution in [0.1, 0.15) is 17.5 Å². The Morgan fingerprint density at radius 2 is 1.90 bits per heavy atom. The molecule has 0 radical (unpaired) electrons. The van der Waals surface area contributed by atoms with Crippen molar-refractivity contribution in [2.24, 2.45) is 0 Å². The number of carbonyl (C=O) groups excluding carboxylic acids is 3. The molecule has 206 valence electrons. The number of ether oxygens (including phenoxy) is 3. The maximum absolute atomic E-state index is 14.4. The Hall–Kier alpha value is -4.37. The number of nitrogens with one attached hydrogen (secondary N) is 2. The number of benzene rings is 2. The number of hydrogen-bond acceptors (Lipinski definition) is 7. The molecule has 3 N–H and O–H groups in total. The van der Waals surface area contributed by atoms with Crippen molar-refractivity contribution >= 4 is 17.9 Å². The average molecular weight is 544 g/mol. The molecule has 3 atom stereocenters. The Kier molecular flexibility index (Phi) is 8.51. The number of likely N-dealkylation sites (tertiary alicyclic amines) is 1. The molecule has 1 fully saturated rings. The molecule has 10 nitrogen and oxygen atoms in total. The standard InChI is InChI=1S/C27H27F2N3O7/c1-2-10-37-26(36)31-19(11-17-6-4-3-5-7-17)23(33)25(35)32-15-27(28,29)13-20(32)24(34)30-14-18-8-9-21-22(12-18)39-16-38-21/h1,3-9,12,19-20,23,33H,10-11,13-16H2,(H,30,34)(H,31,36). The van der Waals surface area contributed by atoms with Crippen molar-refractivity contribution in [3.63, 3.8) is 0 Å². The zero-order valence-electron chi connectivity index (χ0n) is 20.8. The van der Waals surface area contributed by atoms with Crippen LogP contribution in [0.5, 0.6) is 11.5 Å². The van der Waals surface area contributed by atoms with Gasteiger partial charge in [0.2, 0.25) is 12.7 Å². The molecule has 0 bridgehead atoms. The summed E-state index contributed by atoms with van der Waals surface area (Å²) >= 11 is 0. The first-order chi connectivity index (χ1) is 18.7. The van der Waals surface area contributed by atoms with E-state index in [1.165, 1.54) is 0 Å². The molecule has 12 heteroatoms. The molecule has 3 amide bonds. The molecule has 39 heavy (non-hydrogen) atoms. The molecule has 0 saturated carbocycles. The predicted molar refractivity (Wildman–Crippen MR) is 133 cm³/mol. The minimum absolute atomic E-state index is 0.0126. The lowest BCUT2D eigenvalue weighted by molar-refractivity contribution is -0.147. The predicted octanol–water partition coefficient (Wildman–Crippen LogP) is 1.60. The molecule has 0 aromatic heterocycles. The maximum Gasteiger partial charge on any atom is 0.408 e. The third-order valence-electron chi connectivity index (χ3n) is 6.28. The van der Waals surface area contributed by atoms with Crippen LogP contribution >= 0.6 is 0 Å². The Morgan fingerprint density at radius 3 is 2.64 bits per heavy atom. The van der Waals surface area contributed by atoms with E-state index in [-0.39, 0.29) is 26.4 Å². The highest BCUT2D eigenvalue weighted by Gasteiger charge is 2.51.